The molecule has 1 fully saturated rings. The highest BCUT2D eigenvalue weighted by Crippen LogP contribution is 2.13. The van der Waals surface area contributed by atoms with Crippen LogP contribution in [0, 0.1) is 0 Å². The molecule has 4 nitrogen and oxygen atoms in total. The Labute approximate surface area is 105 Å². The first kappa shape index (κ1) is 14.5. The molecular weight excluding hydrogens is 216 g/mol. The molecule has 0 radical (unpaired) electrons. The fourth-order valence-electron chi connectivity index (χ4n) is 1.89. The van der Waals surface area contributed by atoms with Gasteiger partial charge in [-0.25, -0.2) is 0 Å². The van der Waals surface area contributed by atoms with Crippen molar-refractivity contribution in [2.75, 3.05) is 26.2 Å². The van der Waals surface area contributed by atoms with E-state index in [2.05, 4.69) is 26.1 Å². The second-order valence-electron chi connectivity index (χ2n) is 5.67. The molecule has 0 aromatic rings. The molecule has 1 aliphatic heterocycles. The van der Waals surface area contributed by atoms with E-state index in [1.165, 1.54) is 0 Å². The Hall–Kier alpha value is -0.610. The number of rotatable bonds is 5. The molecule has 1 saturated heterocycles. The summed E-state index contributed by atoms with van der Waals surface area (Å²) in [6.45, 7) is 11.0. The van der Waals surface area contributed by atoms with Crippen molar-refractivity contribution in [2.24, 2.45) is 0 Å². The van der Waals surface area contributed by atoms with Gasteiger partial charge in [-0.1, -0.05) is 0 Å². The minimum atomic E-state index is -0.0150. The summed E-state index contributed by atoms with van der Waals surface area (Å²) in [5.74, 6) is 0.165. The SMILES string of the molecule is CCN(CC1CCCO1)C(=O)CNC(C)(C)C. The van der Waals surface area contributed by atoms with Gasteiger partial charge in [-0.3, -0.25) is 4.79 Å². The number of hydrogen-bond donors (Lipinski definition) is 1. The van der Waals surface area contributed by atoms with Crippen molar-refractivity contribution in [3.8, 4) is 0 Å². The molecule has 1 heterocycles. The summed E-state index contributed by atoms with van der Waals surface area (Å²) in [4.78, 5) is 13.9. The molecule has 4 heteroatoms. The Kier molecular flexibility index (Phi) is 5.40. The highest BCUT2D eigenvalue weighted by Gasteiger charge is 2.22. The number of carbonyl (C=O) groups is 1. The second kappa shape index (κ2) is 6.36. The van der Waals surface area contributed by atoms with Crippen LogP contribution in [0.5, 0.6) is 0 Å². The lowest BCUT2D eigenvalue weighted by Gasteiger charge is -2.26. The molecule has 0 aromatic heterocycles. The molecule has 1 aliphatic rings. The molecule has 1 N–H and O–H groups in total. The zero-order chi connectivity index (χ0) is 12.9. The van der Waals surface area contributed by atoms with Crippen LogP contribution in [-0.2, 0) is 9.53 Å². The maximum atomic E-state index is 12.0. The third kappa shape index (κ3) is 5.50. The van der Waals surface area contributed by atoms with Gasteiger partial charge in [0.1, 0.15) is 0 Å². The van der Waals surface area contributed by atoms with Crippen LogP contribution in [0.25, 0.3) is 0 Å². The number of nitrogens with zero attached hydrogens (tertiary/aromatic N) is 1. The van der Waals surface area contributed by atoms with Crippen LogP contribution in [0.15, 0.2) is 0 Å². The van der Waals surface area contributed by atoms with E-state index in [-0.39, 0.29) is 17.6 Å². The van der Waals surface area contributed by atoms with Crippen LogP contribution in [0.3, 0.4) is 0 Å². The van der Waals surface area contributed by atoms with Crippen LogP contribution in [-0.4, -0.2) is 48.7 Å². The Morgan fingerprint density at radius 2 is 2.18 bits per heavy atom. The van der Waals surface area contributed by atoms with Crippen molar-refractivity contribution in [1.29, 1.82) is 0 Å². The van der Waals surface area contributed by atoms with Crippen molar-refractivity contribution >= 4 is 5.91 Å². The molecule has 0 aliphatic carbocycles. The number of amides is 1. The minimum Gasteiger partial charge on any atom is -0.376 e. The summed E-state index contributed by atoms with van der Waals surface area (Å²) < 4.78 is 5.57. The molecule has 100 valence electrons. The lowest BCUT2D eigenvalue weighted by atomic mass is 10.1. The van der Waals surface area contributed by atoms with Crippen molar-refractivity contribution in [3.05, 3.63) is 0 Å². The van der Waals surface area contributed by atoms with E-state index in [1.807, 2.05) is 11.8 Å². The van der Waals surface area contributed by atoms with Crippen LogP contribution >= 0.6 is 0 Å². The number of ether oxygens (including phenoxy) is 1. The molecule has 0 aromatic carbocycles. The smallest absolute Gasteiger partial charge is 0.236 e. The van der Waals surface area contributed by atoms with Crippen LogP contribution in [0.4, 0.5) is 0 Å². The summed E-state index contributed by atoms with van der Waals surface area (Å²) in [6.07, 6.45) is 2.45. The molecule has 1 atom stereocenters. The van der Waals surface area contributed by atoms with E-state index in [0.717, 1.165) is 32.5 Å². The Balaban J connectivity index is 2.35. The zero-order valence-corrected chi connectivity index (χ0v) is 11.6. The van der Waals surface area contributed by atoms with Crippen molar-refractivity contribution in [3.63, 3.8) is 0 Å². The lowest BCUT2D eigenvalue weighted by molar-refractivity contribution is -0.131. The summed E-state index contributed by atoms with van der Waals surface area (Å²) in [6, 6.07) is 0. The number of likely N-dealkylation sites (N-methyl/N-ethyl adjacent to an activating group) is 1. The van der Waals surface area contributed by atoms with Crippen molar-refractivity contribution in [2.45, 2.75) is 52.2 Å². The number of carbonyl (C=O) groups excluding carboxylic acids is 1. The zero-order valence-electron chi connectivity index (χ0n) is 11.6. The first-order chi connectivity index (χ1) is 7.92. The van der Waals surface area contributed by atoms with E-state index in [4.69, 9.17) is 4.74 Å². The van der Waals surface area contributed by atoms with Gasteiger partial charge in [0.15, 0.2) is 0 Å². The first-order valence-electron chi connectivity index (χ1n) is 6.57. The first-order valence-corrected chi connectivity index (χ1v) is 6.57. The van der Waals surface area contributed by atoms with E-state index >= 15 is 0 Å². The lowest BCUT2D eigenvalue weighted by Crippen LogP contribution is -2.46. The molecule has 17 heavy (non-hydrogen) atoms. The van der Waals surface area contributed by atoms with Gasteiger partial charge in [0.05, 0.1) is 12.6 Å². The fourth-order valence-corrected chi connectivity index (χ4v) is 1.89. The molecule has 0 bridgehead atoms. The van der Waals surface area contributed by atoms with Crippen LogP contribution < -0.4 is 5.32 Å². The van der Waals surface area contributed by atoms with Gasteiger partial charge in [-0.2, -0.15) is 0 Å². The molecule has 0 saturated carbocycles. The normalized spacial score (nSPS) is 20.6. The van der Waals surface area contributed by atoms with Crippen molar-refractivity contribution in [1.82, 2.24) is 10.2 Å². The van der Waals surface area contributed by atoms with Crippen LogP contribution in [0.1, 0.15) is 40.5 Å². The van der Waals surface area contributed by atoms with Gasteiger partial charge in [-0.15, -0.1) is 0 Å². The van der Waals surface area contributed by atoms with Crippen molar-refractivity contribution < 1.29 is 9.53 Å². The maximum absolute atomic E-state index is 12.0. The van der Waals surface area contributed by atoms with Gasteiger partial charge in [0, 0.05) is 25.2 Å². The number of nitrogens with one attached hydrogen (secondary N) is 1. The summed E-state index contributed by atoms with van der Waals surface area (Å²) in [5.41, 5.74) is -0.0150. The third-order valence-electron chi connectivity index (χ3n) is 2.95. The topological polar surface area (TPSA) is 41.6 Å². The highest BCUT2D eigenvalue weighted by molar-refractivity contribution is 5.78. The van der Waals surface area contributed by atoms with Gasteiger partial charge in [0.25, 0.3) is 0 Å². The van der Waals surface area contributed by atoms with E-state index in [9.17, 15) is 4.79 Å². The summed E-state index contributed by atoms with van der Waals surface area (Å²) in [7, 11) is 0. The minimum absolute atomic E-state index is 0.0150. The summed E-state index contributed by atoms with van der Waals surface area (Å²) in [5, 5.41) is 3.23. The molecule has 0 spiro atoms. The van der Waals surface area contributed by atoms with E-state index in [1.54, 1.807) is 0 Å². The van der Waals surface area contributed by atoms with Gasteiger partial charge < -0.3 is 15.0 Å². The Morgan fingerprint density at radius 3 is 2.65 bits per heavy atom. The largest absolute Gasteiger partial charge is 0.376 e. The molecule has 1 amide bonds. The molecular formula is C13H26N2O2. The van der Waals surface area contributed by atoms with E-state index in [0.29, 0.717) is 6.54 Å². The summed E-state index contributed by atoms with van der Waals surface area (Å²) >= 11 is 0. The average molecular weight is 242 g/mol. The standard InChI is InChI=1S/C13H26N2O2/c1-5-15(10-11-7-6-8-17-11)12(16)9-14-13(2,3)4/h11,14H,5-10H2,1-4H3. The number of hydrogen-bond acceptors (Lipinski definition) is 3. The Bertz CT molecular complexity index is 242. The third-order valence-corrected chi connectivity index (χ3v) is 2.95. The molecule has 1 unspecified atom stereocenters. The Morgan fingerprint density at radius 1 is 1.47 bits per heavy atom. The maximum Gasteiger partial charge on any atom is 0.236 e. The fraction of sp³-hybridized carbons (Fsp3) is 0.923. The van der Waals surface area contributed by atoms with Gasteiger partial charge in [-0.05, 0) is 40.5 Å². The highest BCUT2D eigenvalue weighted by atomic mass is 16.5. The van der Waals surface area contributed by atoms with Gasteiger partial charge in [0.2, 0.25) is 5.91 Å². The molecule has 1 rings (SSSR count). The van der Waals surface area contributed by atoms with Gasteiger partial charge >= 0.3 is 0 Å². The predicted molar refractivity (Wildman–Crippen MR) is 69.0 cm³/mol. The van der Waals surface area contributed by atoms with E-state index < -0.39 is 0 Å². The second-order valence-corrected chi connectivity index (χ2v) is 5.67. The quantitative estimate of drug-likeness (QED) is 0.792. The monoisotopic (exact) mass is 242 g/mol. The predicted octanol–water partition coefficient (Wildman–Crippen LogP) is 1.40. The average Bonchev–Trinajstić information content (AvgIpc) is 2.74. The van der Waals surface area contributed by atoms with Crippen LogP contribution in [0.2, 0.25) is 0 Å².